The van der Waals surface area contributed by atoms with Crippen LogP contribution in [0.15, 0.2) is 15.0 Å². The number of carbonyl (C=O) groups is 1. The Morgan fingerprint density at radius 1 is 1.48 bits per heavy atom. The second kappa shape index (κ2) is 10.2. The van der Waals surface area contributed by atoms with Gasteiger partial charge in [-0.05, 0) is 19.3 Å². The van der Waals surface area contributed by atoms with Crippen LogP contribution in [0.2, 0.25) is 0 Å². The molecule has 4 aliphatic rings. The number of hydrogen-bond donors (Lipinski definition) is 4. The number of methoxy groups -OCH3 is 1. The van der Waals surface area contributed by atoms with Crippen LogP contribution < -0.4 is 21.9 Å². The summed E-state index contributed by atoms with van der Waals surface area (Å²) in [5.41, 5.74) is 12.4. The molecule has 3 aliphatic heterocycles. The van der Waals surface area contributed by atoms with Crippen LogP contribution in [-0.4, -0.2) is 85.9 Å². The molecule has 0 radical (unpaired) electrons. The topological polar surface area (TPSA) is 161 Å². The van der Waals surface area contributed by atoms with Gasteiger partial charge in [0.25, 0.3) is 0 Å². The minimum atomic E-state index is -0.374. The molecule has 31 heavy (non-hydrogen) atoms. The molecule has 3 heterocycles. The van der Waals surface area contributed by atoms with Crippen LogP contribution >= 0.6 is 8.96 Å². The van der Waals surface area contributed by atoms with Gasteiger partial charge in [-0.25, -0.2) is 4.99 Å². The quantitative estimate of drug-likeness (QED) is 0.205. The molecular formula is C18H31N8O4P. The Morgan fingerprint density at radius 3 is 3.06 bits per heavy atom. The van der Waals surface area contributed by atoms with Crippen LogP contribution in [0.4, 0.5) is 0 Å². The Balaban J connectivity index is 1.32. The van der Waals surface area contributed by atoms with Gasteiger partial charge < -0.3 is 35.7 Å². The minimum absolute atomic E-state index is 0.0321. The summed E-state index contributed by atoms with van der Waals surface area (Å²) in [6.45, 7) is 0.478. The van der Waals surface area contributed by atoms with Crippen molar-refractivity contribution in [3.05, 3.63) is 0 Å². The van der Waals surface area contributed by atoms with Gasteiger partial charge in [0.2, 0.25) is 0 Å². The maximum Gasteiger partial charge on any atom is 0.319 e. The predicted octanol–water partition coefficient (Wildman–Crippen LogP) is -0.986. The molecule has 1 aliphatic carbocycles. The van der Waals surface area contributed by atoms with Crippen LogP contribution in [0.1, 0.15) is 32.1 Å². The maximum absolute atomic E-state index is 11.1. The number of aliphatic imine (C=N–C) groups is 3. The van der Waals surface area contributed by atoms with E-state index in [2.05, 4.69) is 25.1 Å². The third-order valence-corrected chi connectivity index (χ3v) is 6.44. The highest BCUT2D eigenvalue weighted by molar-refractivity contribution is 7.29. The Hall–Kier alpha value is -1.85. The number of nitrogens with zero attached hydrogens (tertiary/aromatic N) is 4. The first-order valence-electron chi connectivity index (χ1n) is 10.6. The van der Waals surface area contributed by atoms with Crippen molar-refractivity contribution < 1.29 is 18.8 Å². The largest absolute Gasteiger partial charge is 0.468 e. The summed E-state index contributed by atoms with van der Waals surface area (Å²) in [7, 11) is 1.31. The summed E-state index contributed by atoms with van der Waals surface area (Å²) >= 11 is 0. The first kappa shape index (κ1) is 22.3. The van der Waals surface area contributed by atoms with Gasteiger partial charge in [0, 0.05) is 0 Å². The average molecular weight is 454 g/mol. The minimum Gasteiger partial charge on any atom is -0.468 e. The summed E-state index contributed by atoms with van der Waals surface area (Å²) in [6.07, 6.45) is 6.16. The molecule has 1 saturated heterocycles. The molecule has 0 bridgehead atoms. The van der Waals surface area contributed by atoms with Crippen LogP contribution in [-0.2, 0) is 18.8 Å². The van der Waals surface area contributed by atoms with Gasteiger partial charge >= 0.3 is 5.97 Å². The molecule has 0 spiro atoms. The summed E-state index contributed by atoms with van der Waals surface area (Å²) in [5, 5.41) is 5.98. The highest BCUT2D eigenvalue weighted by Crippen LogP contribution is 2.30. The van der Waals surface area contributed by atoms with Crippen molar-refractivity contribution >= 4 is 33.1 Å². The highest BCUT2D eigenvalue weighted by Gasteiger charge is 2.46. The number of ether oxygens (including phenoxy) is 2. The summed E-state index contributed by atoms with van der Waals surface area (Å²) in [6, 6.07) is -0.131. The lowest BCUT2D eigenvalue weighted by Gasteiger charge is -2.34. The standard InChI is InChI=1S/C18H31N8O4P/c1-28-13(27)7-22-31-29-8-11-6-12(19)17(30-11)26-9-21-14-15(23-10-4-2-3-5-10)24-18(20)25-16(14)26/h9-12,14,16-17,22,31H,2-8,19H2,1H3,(H3,20,23,24,25). The molecule has 12 nitrogen and oxygen atoms in total. The van der Waals surface area contributed by atoms with E-state index >= 15 is 0 Å². The van der Waals surface area contributed by atoms with Crippen LogP contribution in [0.5, 0.6) is 0 Å². The van der Waals surface area contributed by atoms with E-state index in [1.165, 1.54) is 20.0 Å². The lowest BCUT2D eigenvalue weighted by atomic mass is 10.1. The molecule has 6 atom stereocenters. The molecule has 0 amide bonds. The van der Waals surface area contributed by atoms with Gasteiger partial charge in [0.1, 0.15) is 18.1 Å². The van der Waals surface area contributed by atoms with E-state index in [4.69, 9.17) is 25.7 Å². The van der Waals surface area contributed by atoms with Crippen molar-refractivity contribution in [2.45, 2.75) is 68.7 Å². The van der Waals surface area contributed by atoms with Crippen LogP contribution in [0, 0.1) is 0 Å². The van der Waals surface area contributed by atoms with E-state index in [9.17, 15) is 4.79 Å². The van der Waals surface area contributed by atoms with Crippen molar-refractivity contribution in [2.24, 2.45) is 26.4 Å². The van der Waals surface area contributed by atoms with Crippen LogP contribution in [0.3, 0.4) is 0 Å². The summed E-state index contributed by atoms with van der Waals surface area (Å²) in [5.74, 6) is 0.765. The molecule has 6 unspecified atom stereocenters. The van der Waals surface area contributed by atoms with E-state index in [1.54, 1.807) is 6.34 Å². The molecule has 13 heteroatoms. The molecule has 0 aromatic carbocycles. The number of amidine groups is 1. The number of esters is 1. The van der Waals surface area contributed by atoms with E-state index in [0.717, 1.165) is 18.7 Å². The normalized spacial score (nSPS) is 34.5. The monoisotopic (exact) mass is 454 g/mol. The molecule has 4 rings (SSSR count). The molecule has 6 N–H and O–H groups in total. The lowest BCUT2D eigenvalue weighted by Crippen LogP contribution is -2.57. The Morgan fingerprint density at radius 2 is 2.29 bits per heavy atom. The smallest absolute Gasteiger partial charge is 0.319 e. The summed E-state index contributed by atoms with van der Waals surface area (Å²) in [4.78, 5) is 27.1. The van der Waals surface area contributed by atoms with E-state index in [1.807, 2.05) is 4.90 Å². The van der Waals surface area contributed by atoms with E-state index in [0.29, 0.717) is 25.0 Å². The highest BCUT2D eigenvalue weighted by atomic mass is 31.1. The third-order valence-electron chi connectivity index (χ3n) is 5.80. The predicted molar refractivity (Wildman–Crippen MR) is 118 cm³/mol. The van der Waals surface area contributed by atoms with Gasteiger partial charge in [-0.2, -0.15) is 0 Å². The van der Waals surface area contributed by atoms with E-state index < -0.39 is 0 Å². The number of guanidine groups is 1. The zero-order valence-electron chi connectivity index (χ0n) is 17.6. The Bertz CT molecular complexity index is 744. The second-order valence-corrected chi connectivity index (χ2v) is 8.90. The van der Waals surface area contributed by atoms with Crippen molar-refractivity contribution in [1.29, 1.82) is 0 Å². The number of carbonyl (C=O) groups excluding carboxylic acids is 1. The van der Waals surface area contributed by atoms with Crippen molar-refractivity contribution in [1.82, 2.24) is 15.3 Å². The fourth-order valence-electron chi connectivity index (χ4n) is 4.28. The summed E-state index contributed by atoms with van der Waals surface area (Å²) < 4.78 is 16.3. The van der Waals surface area contributed by atoms with Gasteiger partial charge in [-0.1, -0.05) is 12.8 Å². The van der Waals surface area contributed by atoms with Gasteiger partial charge in [0.15, 0.2) is 12.1 Å². The average Bonchev–Trinajstić information content (AvgIpc) is 3.48. The fourth-order valence-corrected chi connectivity index (χ4v) is 4.87. The first-order valence-corrected chi connectivity index (χ1v) is 11.5. The number of fused-ring (bicyclic) bond motifs is 1. The zero-order valence-corrected chi connectivity index (χ0v) is 18.6. The molecule has 0 aromatic heterocycles. The van der Waals surface area contributed by atoms with E-state index in [-0.39, 0.29) is 52.1 Å². The molecule has 2 fully saturated rings. The zero-order chi connectivity index (χ0) is 21.8. The van der Waals surface area contributed by atoms with Crippen molar-refractivity contribution in [3.8, 4) is 0 Å². The van der Waals surface area contributed by atoms with Gasteiger partial charge in [-0.15, -0.1) is 0 Å². The SMILES string of the molecule is COC(=O)CNPOCC1CC(N)C(N2C=NC3C(=NC4CCCC4)NC(N)=NC32)O1. The third kappa shape index (κ3) is 5.32. The maximum atomic E-state index is 11.1. The van der Waals surface area contributed by atoms with Crippen molar-refractivity contribution in [3.63, 3.8) is 0 Å². The molecule has 172 valence electrons. The van der Waals surface area contributed by atoms with Gasteiger partial charge in [0.05, 0.1) is 53.7 Å². The van der Waals surface area contributed by atoms with Crippen molar-refractivity contribution in [2.75, 3.05) is 20.3 Å². The fraction of sp³-hybridized carbons (Fsp3) is 0.778. The Labute approximate surface area is 183 Å². The number of rotatable bonds is 8. The first-order chi connectivity index (χ1) is 15.0. The number of nitrogens with one attached hydrogen (secondary N) is 2. The number of nitrogens with two attached hydrogens (primary N) is 2. The Kier molecular flexibility index (Phi) is 7.34. The lowest BCUT2D eigenvalue weighted by molar-refractivity contribution is -0.139. The molecule has 0 aromatic rings. The number of hydrogen-bond acceptors (Lipinski definition) is 11. The molecule has 1 saturated carbocycles. The molecular weight excluding hydrogens is 423 g/mol. The van der Waals surface area contributed by atoms with Gasteiger partial charge in [-0.3, -0.25) is 19.9 Å². The van der Waals surface area contributed by atoms with Crippen LogP contribution in [0.25, 0.3) is 0 Å². The second-order valence-electron chi connectivity index (χ2n) is 8.05.